The zero-order valence-electron chi connectivity index (χ0n) is 13.2. The number of hydrogen-bond donors (Lipinski definition) is 5. The average molecular weight is 319 g/mol. The summed E-state index contributed by atoms with van der Waals surface area (Å²) in [6.07, 6.45) is -4.81. The van der Waals surface area contributed by atoms with Crippen LogP contribution in [-0.2, 0) is 14.3 Å². The Kier molecular flexibility index (Phi) is 6.69. The van der Waals surface area contributed by atoms with Crippen LogP contribution in [0.2, 0.25) is 0 Å². The topological polar surface area (TPSA) is 131 Å². The molecule has 1 aliphatic rings. The van der Waals surface area contributed by atoms with Crippen LogP contribution in [-0.4, -0.2) is 89.4 Å². The van der Waals surface area contributed by atoms with Gasteiger partial charge in [0.2, 0.25) is 11.8 Å². The Balaban J connectivity index is 3.00. The summed E-state index contributed by atoms with van der Waals surface area (Å²) in [5.74, 6) is -0.752. The molecule has 1 saturated heterocycles. The lowest BCUT2D eigenvalue weighted by molar-refractivity contribution is -0.227. The molecule has 6 atom stereocenters. The Morgan fingerprint density at radius 2 is 1.91 bits per heavy atom. The first-order chi connectivity index (χ1) is 10.2. The molecule has 6 unspecified atom stereocenters. The van der Waals surface area contributed by atoms with Crippen LogP contribution < -0.4 is 10.6 Å². The minimum absolute atomic E-state index is 0.341. The van der Waals surface area contributed by atoms with Crippen molar-refractivity contribution in [2.45, 2.75) is 50.5 Å². The fourth-order valence-corrected chi connectivity index (χ4v) is 2.18. The Bertz CT molecular complexity index is 407. The van der Waals surface area contributed by atoms with Gasteiger partial charge in [0.15, 0.2) is 6.23 Å². The normalized spacial score (nSPS) is 33.1. The summed E-state index contributed by atoms with van der Waals surface area (Å²) in [7, 11) is 3.06. The van der Waals surface area contributed by atoms with Gasteiger partial charge >= 0.3 is 0 Å². The van der Waals surface area contributed by atoms with E-state index in [1.807, 2.05) is 0 Å². The third-order valence-corrected chi connectivity index (χ3v) is 3.91. The highest BCUT2D eigenvalue weighted by atomic mass is 16.5. The van der Waals surface area contributed by atoms with Crippen LogP contribution in [0.4, 0.5) is 0 Å². The van der Waals surface area contributed by atoms with Crippen molar-refractivity contribution in [1.29, 1.82) is 0 Å². The summed E-state index contributed by atoms with van der Waals surface area (Å²) >= 11 is 0. The van der Waals surface area contributed by atoms with Crippen LogP contribution >= 0.6 is 0 Å². The lowest BCUT2D eigenvalue weighted by Gasteiger charge is -2.45. The molecule has 1 rings (SSSR count). The number of aliphatic hydroxyl groups is 3. The Morgan fingerprint density at radius 1 is 1.32 bits per heavy atom. The number of carbonyl (C=O) groups is 2. The molecule has 22 heavy (non-hydrogen) atoms. The van der Waals surface area contributed by atoms with Crippen molar-refractivity contribution in [3.63, 3.8) is 0 Å². The van der Waals surface area contributed by atoms with E-state index in [1.165, 1.54) is 18.9 Å². The van der Waals surface area contributed by atoms with Crippen LogP contribution in [0.3, 0.4) is 0 Å². The summed E-state index contributed by atoms with van der Waals surface area (Å²) in [4.78, 5) is 24.8. The van der Waals surface area contributed by atoms with Crippen LogP contribution in [0.15, 0.2) is 0 Å². The fourth-order valence-electron chi connectivity index (χ4n) is 2.18. The Hall–Kier alpha value is -1.26. The maximum Gasteiger partial charge on any atom is 0.237 e. The van der Waals surface area contributed by atoms with Gasteiger partial charge in [-0.2, -0.15) is 0 Å². The van der Waals surface area contributed by atoms with E-state index in [4.69, 9.17) is 4.74 Å². The first kappa shape index (κ1) is 18.8. The van der Waals surface area contributed by atoms with E-state index in [9.17, 15) is 24.9 Å². The smallest absolute Gasteiger partial charge is 0.237 e. The maximum atomic E-state index is 12.0. The molecule has 0 aromatic carbocycles. The molecule has 128 valence electrons. The van der Waals surface area contributed by atoms with Gasteiger partial charge in [-0.25, -0.2) is 0 Å². The van der Waals surface area contributed by atoms with Gasteiger partial charge in [-0.15, -0.1) is 0 Å². The number of aliphatic hydroxyl groups excluding tert-OH is 3. The molecule has 0 aliphatic carbocycles. The molecule has 5 N–H and O–H groups in total. The van der Waals surface area contributed by atoms with Gasteiger partial charge < -0.3 is 35.6 Å². The van der Waals surface area contributed by atoms with E-state index in [0.29, 0.717) is 0 Å². The number of nitrogens with one attached hydrogen (secondary N) is 2. The summed E-state index contributed by atoms with van der Waals surface area (Å²) in [6, 6.07) is -1.54. The van der Waals surface area contributed by atoms with Gasteiger partial charge in [0.05, 0.1) is 12.6 Å². The summed E-state index contributed by atoms with van der Waals surface area (Å²) in [5, 5.41) is 34.7. The predicted octanol–water partition coefficient (Wildman–Crippen LogP) is -3.00. The van der Waals surface area contributed by atoms with Gasteiger partial charge in [0.1, 0.15) is 24.4 Å². The van der Waals surface area contributed by atoms with E-state index < -0.39 is 49.1 Å². The van der Waals surface area contributed by atoms with Gasteiger partial charge in [-0.05, 0) is 14.0 Å². The van der Waals surface area contributed by atoms with Gasteiger partial charge in [-0.3, -0.25) is 9.59 Å². The van der Waals surface area contributed by atoms with E-state index in [-0.39, 0.29) is 5.91 Å². The number of amides is 2. The molecule has 0 spiro atoms. The molecule has 0 radical (unpaired) electrons. The SMILES string of the molecule is CNC(C)C(=O)NC1C(O)C(O)C(CO)OC1N(C)C(C)=O. The molecule has 9 nitrogen and oxygen atoms in total. The van der Waals surface area contributed by atoms with Crippen molar-refractivity contribution < 1.29 is 29.6 Å². The van der Waals surface area contributed by atoms with Crippen molar-refractivity contribution in [2.75, 3.05) is 20.7 Å². The predicted molar refractivity (Wildman–Crippen MR) is 76.7 cm³/mol. The summed E-state index contributed by atoms with van der Waals surface area (Å²) in [5.41, 5.74) is 0. The van der Waals surface area contributed by atoms with Gasteiger partial charge in [0, 0.05) is 14.0 Å². The number of likely N-dealkylation sites (N-methyl/N-ethyl adjacent to an activating group) is 2. The summed E-state index contributed by atoms with van der Waals surface area (Å²) in [6.45, 7) is 2.42. The second kappa shape index (κ2) is 7.84. The molecule has 0 bridgehead atoms. The highest BCUT2D eigenvalue weighted by Crippen LogP contribution is 2.23. The van der Waals surface area contributed by atoms with E-state index in [1.54, 1.807) is 14.0 Å². The second-order valence-electron chi connectivity index (χ2n) is 5.40. The first-order valence-electron chi connectivity index (χ1n) is 7.08. The highest BCUT2D eigenvalue weighted by Gasteiger charge is 2.47. The van der Waals surface area contributed by atoms with Crippen molar-refractivity contribution in [1.82, 2.24) is 15.5 Å². The highest BCUT2D eigenvalue weighted by molar-refractivity contribution is 5.81. The van der Waals surface area contributed by atoms with E-state index in [0.717, 1.165) is 0 Å². The summed E-state index contributed by atoms with van der Waals surface area (Å²) < 4.78 is 5.48. The molecule has 0 aromatic rings. The van der Waals surface area contributed by atoms with E-state index >= 15 is 0 Å². The fraction of sp³-hybridized carbons (Fsp3) is 0.846. The molecule has 0 aromatic heterocycles. The maximum absolute atomic E-state index is 12.0. The molecule has 1 fully saturated rings. The molecule has 2 amide bonds. The lowest BCUT2D eigenvalue weighted by atomic mass is 9.95. The minimum Gasteiger partial charge on any atom is -0.394 e. The van der Waals surface area contributed by atoms with Crippen molar-refractivity contribution in [3.05, 3.63) is 0 Å². The van der Waals surface area contributed by atoms with Crippen molar-refractivity contribution >= 4 is 11.8 Å². The van der Waals surface area contributed by atoms with E-state index in [2.05, 4.69) is 10.6 Å². The molecular formula is C13H25N3O6. The van der Waals surface area contributed by atoms with Crippen molar-refractivity contribution in [3.8, 4) is 0 Å². The number of carbonyl (C=O) groups excluding carboxylic acids is 2. The second-order valence-corrected chi connectivity index (χ2v) is 5.40. The molecule has 1 heterocycles. The molecular weight excluding hydrogens is 294 g/mol. The standard InChI is InChI=1S/C13H25N3O6/c1-6(14-3)12(21)15-9-11(20)10(19)8(5-17)22-13(9)16(4)7(2)18/h6,8-11,13-14,17,19-20H,5H2,1-4H3,(H,15,21). The number of nitrogens with zero attached hydrogens (tertiary/aromatic N) is 1. The quantitative estimate of drug-likeness (QED) is 0.365. The van der Waals surface area contributed by atoms with Gasteiger partial charge in [0.25, 0.3) is 0 Å². The third-order valence-electron chi connectivity index (χ3n) is 3.91. The molecule has 1 aliphatic heterocycles. The largest absolute Gasteiger partial charge is 0.394 e. The number of hydrogen-bond acceptors (Lipinski definition) is 7. The monoisotopic (exact) mass is 319 g/mol. The zero-order valence-corrected chi connectivity index (χ0v) is 13.2. The Morgan fingerprint density at radius 3 is 2.36 bits per heavy atom. The minimum atomic E-state index is -1.38. The van der Waals surface area contributed by atoms with Gasteiger partial charge in [-0.1, -0.05) is 0 Å². The van der Waals surface area contributed by atoms with Crippen molar-refractivity contribution in [2.24, 2.45) is 0 Å². The number of ether oxygens (including phenoxy) is 1. The van der Waals surface area contributed by atoms with Crippen LogP contribution in [0.5, 0.6) is 0 Å². The molecule has 0 saturated carbocycles. The zero-order chi connectivity index (χ0) is 17.0. The first-order valence-corrected chi connectivity index (χ1v) is 7.08. The van der Waals surface area contributed by atoms with Crippen LogP contribution in [0.25, 0.3) is 0 Å². The lowest BCUT2D eigenvalue weighted by Crippen LogP contribution is -2.69. The number of rotatable bonds is 5. The van der Waals surface area contributed by atoms with Crippen LogP contribution in [0.1, 0.15) is 13.8 Å². The average Bonchev–Trinajstić information content (AvgIpc) is 2.50. The molecule has 9 heteroatoms. The third kappa shape index (κ3) is 3.93. The Labute approximate surface area is 129 Å². The van der Waals surface area contributed by atoms with Crippen LogP contribution in [0, 0.1) is 0 Å².